The van der Waals surface area contributed by atoms with Crippen LogP contribution in [-0.2, 0) is 1.41 Å². The van der Waals surface area contributed by atoms with Gasteiger partial charge in [0, 0.05) is 0 Å². The van der Waals surface area contributed by atoms with Crippen molar-refractivity contribution in [1.82, 2.24) is 0 Å². The summed E-state index contributed by atoms with van der Waals surface area (Å²) in [6, 6.07) is 9.82. The van der Waals surface area contributed by atoms with E-state index in [0.717, 1.165) is 5.75 Å². The summed E-state index contributed by atoms with van der Waals surface area (Å²) >= 11 is -5.57. The summed E-state index contributed by atoms with van der Waals surface area (Å²) in [6.45, 7) is 0. The molecule has 1 aromatic rings. The second-order valence-corrected chi connectivity index (χ2v) is 31.2. The molecule has 0 aliphatic carbocycles. The summed E-state index contributed by atoms with van der Waals surface area (Å²) < 4.78 is 11.9. The van der Waals surface area contributed by atoms with Gasteiger partial charge in [0.25, 0.3) is 0 Å². The molecule has 0 unspecified atom stereocenters. The second kappa shape index (κ2) is 5.47. The summed E-state index contributed by atoms with van der Waals surface area (Å²) in [6.07, 6.45) is 0. The van der Waals surface area contributed by atoms with E-state index in [-0.39, 0.29) is 0 Å². The van der Waals surface area contributed by atoms with Crippen LogP contribution < -0.4 is 3.07 Å². The van der Waals surface area contributed by atoms with Crippen molar-refractivity contribution in [2.45, 2.75) is 19.8 Å². The van der Waals surface area contributed by atoms with E-state index in [1.807, 2.05) is 40.2 Å². The SMILES string of the molecule is [CH3][Sn]([CH3])([Cl])[O][Sn]([CH3])([CH3])[O]c1ccccc1. The molecule has 0 N–H and O–H groups in total. The summed E-state index contributed by atoms with van der Waals surface area (Å²) in [4.78, 5) is 8.29. The van der Waals surface area contributed by atoms with Crippen LogP contribution in [0.2, 0.25) is 19.8 Å². The molecule has 0 saturated carbocycles. The number of hydrogen-bond acceptors (Lipinski definition) is 2. The van der Waals surface area contributed by atoms with Crippen LogP contribution in [0.5, 0.6) is 5.75 Å². The molecule has 2 nitrogen and oxygen atoms in total. The Balaban J connectivity index is 2.65. The van der Waals surface area contributed by atoms with Gasteiger partial charge >= 0.3 is 106 Å². The Bertz CT molecular complexity index is 309. The second-order valence-electron chi connectivity index (χ2n) is 4.28. The van der Waals surface area contributed by atoms with Crippen molar-refractivity contribution >= 4 is 45.8 Å². The predicted octanol–water partition coefficient (Wildman–Crippen LogP) is 3.72. The fourth-order valence-electron chi connectivity index (χ4n) is 1.38. The van der Waals surface area contributed by atoms with Gasteiger partial charge in [0.15, 0.2) is 0 Å². The van der Waals surface area contributed by atoms with Crippen LogP contribution in [0.3, 0.4) is 0 Å². The Morgan fingerprint density at radius 2 is 1.53 bits per heavy atom. The van der Waals surface area contributed by atoms with E-state index in [4.69, 9.17) is 13.4 Å². The topological polar surface area (TPSA) is 18.5 Å². The average Bonchev–Trinajstić information content (AvgIpc) is 1.99. The molecule has 15 heavy (non-hydrogen) atoms. The Morgan fingerprint density at radius 3 is 2.00 bits per heavy atom. The van der Waals surface area contributed by atoms with Crippen LogP contribution >= 0.6 is 8.92 Å². The Hall–Kier alpha value is 0.867. The van der Waals surface area contributed by atoms with Crippen molar-refractivity contribution in [1.29, 1.82) is 0 Å². The van der Waals surface area contributed by atoms with Crippen molar-refractivity contribution in [3.8, 4) is 5.75 Å². The van der Waals surface area contributed by atoms with Gasteiger partial charge in [-0.3, -0.25) is 0 Å². The Labute approximate surface area is 105 Å². The van der Waals surface area contributed by atoms with Gasteiger partial charge in [-0.05, 0) is 0 Å². The first kappa shape index (κ1) is 13.9. The molecule has 0 heterocycles. The minimum absolute atomic E-state index is 0.894. The first-order valence-corrected chi connectivity index (χ1v) is 23.4. The van der Waals surface area contributed by atoms with Crippen LogP contribution in [0.1, 0.15) is 0 Å². The first-order chi connectivity index (χ1) is 6.79. The van der Waals surface area contributed by atoms with Crippen LogP contribution in [0.15, 0.2) is 30.3 Å². The monoisotopic (exact) mass is 444 g/mol. The standard InChI is InChI=1S/C6H6O.4CH3.ClH.O.2Sn/c7-6-4-2-1-3-5-6;;;;;;;;/h1-5,7H;4*1H3;1H;;;/q;;;;;;;2*+1/p-2. The summed E-state index contributed by atoms with van der Waals surface area (Å²) in [5.41, 5.74) is 0. The molecule has 0 aromatic heterocycles. The number of hydrogen-bond donors (Lipinski definition) is 0. The van der Waals surface area contributed by atoms with Crippen LogP contribution in [0.4, 0.5) is 0 Å². The fourth-order valence-corrected chi connectivity index (χ4v) is 38.4. The summed E-state index contributed by atoms with van der Waals surface area (Å²) in [7, 11) is 6.24. The molecule has 0 spiro atoms. The normalized spacial score (nSPS) is 12.6. The van der Waals surface area contributed by atoms with Gasteiger partial charge in [-0.1, -0.05) is 0 Å². The molecule has 0 fully saturated rings. The number of halogens is 1. The molecule has 0 radical (unpaired) electrons. The maximum absolute atomic E-state index is 6.24. The molecular formula is C10H17ClO2Sn2. The van der Waals surface area contributed by atoms with Gasteiger partial charge in [0.05, 0.1) is 0 Å². The first-order valence-electron chi connectivity index (χ1n) is 4.92. The van der Waals surface area contributed by atoms with Crippen molar-refractivity contribution in [3.05, 3.63) is 30.3 Å². The molecule has 0 bridgehead atoms. The molecule has 0 atom stereocenters. The van der Waals surface area contributed by atoms with Crippen molar-refractivity contribution in [2.75, 3.05) is 0 Å². The quantitative estimate of drug-likeness (QED) is 0.663. The van der Waals surface area contributed by atoms with Gasteiger partial charge in [-0.2, -0.15) is 0 Å². The fraction of sp³-hybridized carbons (Fsp3) is 0.400. The molecule has 1 aromatic carbocycles. The molecule has 0 aliphatic rings. The summed E-state index contributed by atoms with van der Waals surface area (Å²) in [5, 5.41) is 0. The molecule has 1 rings (SSSR count). The minimum atomic E-state index is -2.87. The van der Waals surface area contributed by atoms with Crippen LogP contribution in [0.25, 0.3) is 0 Å². The van der Waals surface area contributed by atoms with E-state index in [0.29, 0.717) is 0 Å². The van der Waals surface area contributed by atoms with Crippen molar-refractivity contribution in [2.24, 2.45) is 0 Å². The van der Waals surface area contributed by atoms with Crippen LogP contribution in [-0.4, -0.2) is 36.9 Å². The van der Waals surface area contributed by atoms with E-state index >= 15 is 0 Å². The number of rotatable bonds is 4. The third kappa shape index (κ3) is 6.24. The zero-order valence-corrected chi connectivity index (χ0v) is 16.0. The van der Waals surface area contributed by atoms with Crippen molar-refractivity contribution < 1.29 is 4.49 Å². The van der Waals surface area contributed by atoms with E-state index < -0.39 is 36.9 Å². The van der Waals surface area contributed by atoms with E-state index in [2.05, 4.69) is 9.88 Å². The van der Waals surface area contributed by atoms with Gasteiger partial charge in [-0.25, -0.2) is 0 Å². The van der Waals surface area contributed by atoms with Crippen molar-refractivity contribution in [3.63, 3.8) is 0 Å². The molecule has 0 saturated heterocycles. The number of benzene rings is 1. The van der Waals surface area contributed by atoms with Gasteiger partial charge in [-0.15, -0.1) is 0 Å². The molecule has 84 valence electrons. The van der Waals surface area contributed by atoms with E-state index in [9.17, 15) is 0 Å². The van der Waals surface area contributed by atoms with Crippen LogP contribution in [0, 0.1) is 0 Å². The third-order valence-electron chi connectivity index (χ3n) is 1.60. The zero-order chi connectivity index (χ0) is 11.5. The van der Waals surface area contributed by atoms with E-state index in [1.165, 1.54) is 0 Å². The van der Waals surface area contributed by atoms with Gasteiger partial charge < -0.3 is 0 Å². The molecule has 5 heteroatoms. The number of para-hydroxylation sites is 1. The Kier molecular flexibility index (Phi) is 5.08. The Morgan fingerprint density at radius 1 is 1.00 bits per heavy atom. The van der Waals surface area contributed by atoms with Gasteiger partial charge in [0.2, 0.25) is 0 Å². The summed E-state index contributed by atoms with van der Waals surface area (Å²) in [5.74, 6) is 0.894. The molecule has 0 aliphatic heterocycles. The molecule has 0 amide bonds. The molecular weight excluding hydrogens is 425 g/mol. The van der Waals surface area contributed by atoms with E-state index in [1.54, 1.807) is 0 Å². The third-order valence-corrected chi connectivity index (χ3v) is 28.6. The van der Waals surface area contributed by atoms with Gasteiger partial charge in [0.1, 0.15) is 0 Å². The zero-order valence-electron chi connectivity index (χ0n) is 9.58. The average molecular weight is 442 g/mol. The maximum atomic E-state index is 6.24. The predicted molar refractivity (Wildman–Crippen MR) is 69.0 cm³/mol.